The summed E-state index contributed by atoms with van der Waals surface area (Å²) in [7, 11) is 0. The smallest absolute Gasteiger partial charge is 0.434 e. The molecule has 3 aromatic rings. The van der Waals surface area contributed by atoms with Crippen LogP contribution in [0.4, 0.5) is 13.2 Å². The number of hydrogen-bond acceptors (Lipinski definition) is 5. The highest BCUT2D eigenvalue weighted by Gasteiger charge is 2.37. The van der Waals surface area contributed by atoms with Crippen LogP contribution in [0.3, 0.4) is 0 Å². The lowest BCUT2D eigenvalue weighted by molar-refractivity contribution is -0.139. The lowest BCUT2D eigenvalue weighted by Gasteiger charge is -2.27. The minimum absolute atomic E-state index is 0.0539. The molecule has 1 aliphatic rings. The van der Waals surface area contributed by atoms with Crippen molar-refractivity contribution < 1.29 is 18.3 Å². The fourth-order valence-electron chi connectivity index (χ4n) is 4.51. The second-order valence-corrected chi connectivity index (χ2v) is 8.12. The molecule has 3 aromatic heterocycles. The van der Waals surface area contributed by atoms with Gasteiger partial charge in [-0.1, -0.05) is 32.1 Å². The molecule has 0 bridgehead atoms. The van der Waals surface area contributed by atoms with Gasteiger partial charge in [-0.25, -0.2) is 9.97 Å². The van der Waals surface area contributed by atoms with Gasteiger partial charge in [0, 0.05) is 18.4 Å². The summed E-state index contributed by atoms with van der Waals surface area (Å²) in [5.74, 6) is 0.239. The Labute approximate surface area is 176 Å². The normalized spacial score (nSPS) is 16.5. The Bertz CT molecular complexity index is 1150. The van der Waals surface area contributed by atoms with Gasteiger partial charge in [0.25, 0.3) is 5.56 Å². The molecule has 0 aromatic carbocycles. The van der Waals surface area contributed by atoms with Crippen molar-refractivity contribution in [3.05, 3.63) is 46.6 Å². The van der Waals surface area contributed by atoms with E-state index in [0.717, 1.165) is 31.9 Å². The van der Waals surface area contributed by atoms with Crippen LogP contribution < -0.4 is 5.56 Å². The third-order valence-corrected chi connectivity index (χ3v) is 5.92. The predicted molar refractivity (Wildman–Crippen MR) is 110 cm³/mol. The minimum atomic E-state index is -4.79. The number of aromatic nitrogens is 4. The molecular formula is C22H23F3N4O2. The van der Waals surface area contributed by atoms with Crippen molar-refractivity contribution in [3.8, 4) is 17.3 Å². The van der Waals surface area contributed by atoms with Gasteiger partial charge in [-0.3, -0.25) is 14.3 Å². The quantitative estimate of drug-likeness (QED) is 0.620. The molecule has 164 valence electrons. The summed E-state index contributed by atoms with van der Waals surface area (Å²) in [6.45, 7) is 1.80. The molecule has 1 atom stereocenters. The number of pyridine rings is 2. The zero-order chi connectivity index (χ0) is 22.2. The van der Waals surface area contributed by atoms with E-state index in [2.05, 4.69) is 15.0 Å². The first kappa shape index (κ1) is 21.3. The van der Waals surface area contributed by atoms with Crippen molar-refractivity contribution >= 4 is 10.9 Å². The highest BCUT2D eigenvalue weighted by atomic mass is 19.4. The maximum absolute atomic E-state index is 13.6. The fraction of sp³-hybridized carbons (Fsp3) is 0.455. The summed E-state index contributed by atoms with van der Waals surface area (Å²) in [4.78, 5) is 25.4. The second-order valence-electron chi connectivity index (χ2n) is 8.12. The van der Waals surface area contributed by atoms with Gasteiger partial charge in [0.05, 0.1) is 10.9 Å². The van der Waals surface area contributed by atoms with Gasteiger partial charge in [0.1, 0.15) is 11.4 Å². The Hall–Kier alpha value is -2.97. The van der Waals surface area contributed by atoms with Gasteiger partial charge in [0.15, 0.2) is 11.5 Å². The molecule has 4 rings (SSSR count). The molecule has 1 aliphatic carbocycles. The Balaban J connectivity index is 1.96. The summed E-state index contributed by atoms with van der Waals surface area (Å²) in [6, 6.07) is 3.78. The molecular weight excluding hydrogens is 409 g/mol. The van der Waals surface area contributed by atoms with Gasteiger partial charge < -0.3 is 5.11 Å². The van der Waals surface area contributed by atoms with Crippen LogP contribution in [-0.4, -0.2) is 24.6 Å². The van der Waals surface area contributed by atoms with Gasteiger partial charge in [0.2, 0.25) is 0 Å². The van der Waals surface area contributed by atoms with E-state index in [1.54, 1.807) is 6.92 Å². The molecule has 0 radical (unpaired) electrons. The maximum atomic E-state index is 13.6. The van der Waals surface area contributed by atoms with Crippen LogP contribution in [0.25, 0.3) is 22.4 Å². The van der Waals surface area contributed by atoms with E-state index in [1.165, 1.54) is 35.4 Å². The SMILES string of the molecule is C[C@H](CC1CCCCC1)n1c(-c2ncccc2O)nc2ccnc(C(F)(F)F)c2c1=O. The van der Waals surface area contributed by atoms with Crippen LogP contribution in [0.1, 0.15) is 57.2 Å². The molecule has 0 spiro atoms. The van der Waals surface area contributed by atoms with Gasteiger partial charge in [-0.15, -0.1) is 0 Å². The van der Waals surface area contributed by atoms with Crippen LogP contribution >= 0.6 is 0 Å². The van der Waals surface area contributed by atoms with Gasteiger partial charge in [-0.05, 0) is 37.5 Å². The van der Waals surface area contributed by atoms with E-state index < -0.39 is 28.9 Å². The second kappa shape index (κ2) is 8.28. The van der Waals surface area contributed by atoms with Gasteiger partial charge in [-0.2, -0.15) is 13.2 Å². The van der Waals surface area contributed by atoms with E-state index in [0.29, 0.717) is 12.3 Å². The molecule has 9 heteroatoms. The summed E-state index contributed by atoms with van der Waals surface area (Å²) in [5.41, 5.74) is -2.15. The highest BCUT2D eigenvalue weighted by Crippen LogP contribution is 2.35. The van der Waals surface area contributed by atoms with Crippen LogP contribution in [0.2, 0.25) is 0 Å². The summed E-state index contributed by atoms with van der Waals surface area (Å²) in [6.07, 6.45) is 3.71. The highest BCUT2D eigenvalue weighted by molar-refractivity contribution is 5.82. The number of halogens is 3. The average Bonchev–Trinajstić information content (AvgIpc) is 2.73. The predicted octanol–water partition coefficient (Wildman–Crippen LogP) is 5.11. The zero-order valence-corrected chi connectivity index (χ0v) is 17.1. The summed E-state index contributed by atoms with van der Waals surface area (Å²) in [5, 5.41) is 9.76. The third-order valence-electron chi connectivity index (χ3n) is 5.92. The number of alkyl halides is 3. The first-order valence-electron chi connectivity index (χ1n) is 10.4. The number of aromatic hydroxyl groups is 1. The Morgan fingerprint density at radius 2 is 1.90 bits per heavy atom. The topological polar surface area (TPSA) is 80.9 Å². The van der Waals surface area contributed by atoms with Crippen LogP contribution in [0.15, 0.2) is 35.4 Å². The number of hydrogen-bond donors (Lipinski definition) is 1. The molecule has 1 fully saturated rings. The Morgan fingerprint density at radius 1 is 1.16 bits per heavy atom. The zero-order valence-electron chi connectivity index (χ0n) is 17.1. The molecule has 31 heavy (non-hydrogen) atoms. The van der Waals surface area contributed by atoms with E-state index in [-0.39, 0.29) is 22.8 Å². The lowest BCUT2D eigenvalue weighted by atomic mass is 9.85. The van der Waals surface area contributed by atoms with Crippen molar-refractivity contribution in [1.29, 1.82) is 0 Å². The van der Waals surface area contributed by atoms with Gasteiger partial charge >= 0.3 is 6.18 Å². The first-order valence-corrected chi connectivity index (χ1v) is 10.4. The summed E-state index contributed by atoms with van der Waals surface area (Å²) < 4.78 is 42.0. The Kier molecular flexibility index (Phi) is 5.68. The summed E-state index contributed by atoms with van der Waals surface area (Å²) >= 11 is 0. The molecule has 3 heterocycles. The van der Waals surface area contributed by atoms with E-state index in [1.807, 2.05) is 0 Å². The van der Waals surface area contributed by atoms with Crippen molar-refractivity contribution in [2.75, 3.05) is 0 Å². The third kappa shape index (κ3) is 4.13. The van der Waals surface area contributed by atoms with E-state index in [4.69, 9.17) is 0 Å². The lowest BCUT2D eigenvalue weighted by Crippen LogP contribution is -2.30. The van der Waals surface area contributed by atoms with Crippen molar-refractivity contribution in [2.24, 2.45) is 5.92 Å². The molecule has 0 amide bonds. The monoisotopic (exact) mass is 432 g/mol. The first-order chi connectivity index (χ1) is 14.8. The molecule has 0 aliphatic heterocycles. The maximum Gasteiger partial charge on any atom is 0.434 e. The minimum Gasteiger partial charge on any atom is -0.506 e. The standard InChI is InChI=1S/C22H23F3N4O2/c1-13(12-14-6-3-2-4-7-14)29-20(18-16(30)8-5-10-26-18)28-15-9-11-27-19(22(23,24)25)17(15)21(29)31/h5,8-11,13-14,30H,2-4,6-7,12H2,1H3/t13-/m1/s1. The number of fused-ring (bicyclic) bond motifs is 1. The average molecular weight is 432 g/mol. The molecule has 1 saturated carbocycles. The largest absolute Gasteiger partial charge is 0.506 e. The van der Waals surface area contributed by atoms with Crippen molar-refractivity contribution in [2.45, 2.75) is 57.7 Å². The number of nitrogens with zero attached hydrogens (tertiary/aromatic N) is 4. The van der Waals surface area contributed by atoms with E-state index in [9.17, 15) is 23.1 Å². The molecule has 1 N–H and O–H groups in total. The molecule has 0 unspecified atom stereocenters. The van der Waals surface area contributed by atoms with Crippen LogP contribution in [0, 0.1) is 5.92 Å². The van der Waals surface area contributed by atoms with Crippen molar-refractivity contribution in [3.63, 3.8) is 0 Å². The number of rotatable bonds is 4. The van der Waals surface area contributed by atoms with Crippen LogP contribution in [0.5, 0.6) is 5.75 Å². The fourth-order valence-corrected chi connectivity index (χ4v) is 4.51. The molecule has 0 saturated heterocycles. The van der Waals surface area contributed by atoms with E-state index >= 15 is 0 Å². The molecule has 6 nitrogen and oxygen atoms in total. The van der Waals surface area contributed by atoms with Crippen LogP contribution in [-0.2, 0) is 6.18 Å². The van der Waals surface area contributed by atoms with Crippen molar-refractivity contribution in [1.82, 2.24) is 19.5 Å². The Morgan fingerprint density at radius 3 is 2.58 bits per heavy atom.